The number of carbonyl (C=O) groups excluding carboxylic acids is 2. The lowest BCUT2D eigenvalue weighted by atomic mass is 9.59. The minimum atomic E-state index is -2.10. The zero-order valence-electron chi connectivity index (χ0n) is 20.4. The number of rotatable bonds is 3. The second kappa shape index (κ2) is 8.17. The molecule has 0 aromatic carbocycles. The van der Waals surface area contributed by atoms with Gasteiger partial charge in [-0.1, -0.05) is 45.9 Å². The Morgan fingerprint density at radius 3 is 2.52 bits per heavy atom. The molecule has 2 unspecified atom stereocenters. The molecule has 0 aromatic rings. The minimum absolute atomic E-state index is 0.152. The van der Waals surface area contributed by atoms with Crippen LogP contribution in [0.4, 0.5) is 0 Å². The van der Waals surface area contributed by atoms with Crippen LogP contribution in [0.1, 0.15) is 66.7 Å². The van der Waals surface area contributed by atoms with Gasteiger partial charge in [-0.25, -0.2) is 4.79 Å². The zero-order valence-corrected chi connectivity index (χ0v) is 20.4. The molecule has 1 saturated carbocycles. The van der Waals surface area contributed by atoms with Crippen LogP contribution in [0.15, 0.2) is 34.9 Å². The van der Waals surface area contributed by atoms with Gasteiger partial charge in [0.15, 0.2) is 17.5 Å². The fourth-order valence-electron chi connectivity index (χ4n) is 6.86. The third-order valence-electron chi connectivity index (χ3n) is 9.29. The molecule has 4 aliphatic rings. The predicted octanol–water partition coefficient (Wildman–Crippen LogP) is 3.26. The van der Waals surface area contributed by atoms with Crippen LogP contribution in [0.2, 0.25) is 0 Å². The SMILES string of the molecule is CC1=CC23C(=O)[C@@H](C=C(CO)[C@@H](O)[C@]2(O)[C@H]1OC(=O)C1=CCCCC1)C(C)(C)[C@@H](C)CC3C. The number of esters is 1. The van der Waals surface area contributed by atoms with Gasteiger partial charge in [0.05, 0.1) is 12.0 Å². The lowest BCUT2D eigenvalue weighted by Gasteiger charge is -2.48. The molecule has 4 aliphatic carbocycles. The molecule has 7 atom stereocenters. The summed E-state index contributed by atoms with van der Waals surface area (Å²) in [7, 11) is 0. The number of fused-ring (bicyclic) bond motifs is 1. The monoisotopic (exact) mass is 458 g/mol. The van der Waals surface area contributed by atoms with Gasteiger partial charge < -0.3 is 20.1 Å². The molecule has 2 bridgehead atoms. The molecule has 182 valence electrons. The van der Waals surface area contributed by atoms with Crippen LogP contribution in [0, 0.1) is 28.6 Å². The van der Waals surface area contributed by atoms with Gasteiger partial charge in [-0.3, -0.25) is 4.79 Å². The highest BCUT2D eigenvalue weighted by atomic mass is 16.6. The molecular weight excluding hydrogens is 420 g/mol. The van der Waals surface area contributed by atoms with Crippen molar-refractivity contribution in [3.05, 3.63) is 34.9 Å². The van der Waals surface area contributed by atoms with Crippen LogP contribution in [0.3, 0.4) is 0 Å². The number of hydrogen-bond acceptors (Lipinski definition) is 6. The Morgan fingerprint density at radius 1 is 1.21 bits per heavy atom. The van der Waals surface area contributed by atoms with Gasteiger partial charge in [-0.15, -0.1) is 0 Å². The van der Waals surface area contributed by atoms with E-state index >= 15 is 0 Å². The van der Waals surface area contributed by atoms with Gasteiger partial charge >= 0.3 is 5.97 Å². The third kappa shape index (κ3) is 3.24. The van der Waals surface area contributed by atoms with Crippen molar-refractivity contribution in [3.8, 4) is 0 Å². The number of carbonyl (C=O) groups is 2. The summed E-state index contributed by atoms with van der Waals surface area (Å²) in [6.45, 7) is 9.37. The molecule has 0 aliphatic heterocycles. The van der Waals surface area contributed by atoms with Crippen molar-refractivity contribution in [2.24, 2.45) is 28.6 Å². The quantitative estimate of drug-likeness (QED) is 0.443. The number of aliphatic hydroxyl groups is 3. The fraction of sp³-hybridized carbons (Fsp3) is 0.704. The first-order chi connectivity index (χ1) is 15.4. The van der Waals surface area contributed by atoms with E-state index in [1.54, 1.807) is 19.1 Å². The van der Waals surface area contributed by atoms with Crippen molar-refractivity contribution in [1.29, 1.82) is 0 Å². The summed E-state index contributed by atoms with van der Waals surface area (Å²) in [5, 5.41) is 34.1. The summed E-state index contributed by atoms with van der Waals surface area (Å²) >= 11 is 0. The molecule has 0 heterocycles. The van der Waals surface area contributed by atoms with E-state index in [2.05, 4.69) is 6.92 Å². The van der Waals surface area contributed by atoms with Crippen LogP contribution in [0.5, 0.6) is 0 Å². The van der Waals surface area contributed by atoms with Gasteiger partial charge in [0.1, 0.15) is 6.10 Å². The number of Topliss-reactive ketones (excluding diaryl/α,β-unsaturated/α-hetero) is 1. The van der Waals surface area contributed by atoms with E-state index in [0.29, 0.717) is 24.0 Å². The number of ketones is 1. The Hall–Kier alpha value is -1.76. The van der Waals surface area contributed by atoms with Gasteiger partial charge in [-0.2, -0.15) is 0 Å². The topological polar surface area (TPSA) is 104 Å². The van der Waals surface area contributed by atoms with Crippen LogP contribution in [0.25, 0.3) is 0 Å². The average Bonchev–Trinajstić information content (AvgIpc) is 2.95. The molecule has 6 heteroatoms. The van der Waals surface area contributed by atoms with Crippen molar-refractivity contribution in [1.82, 2.24) is 0 Å². The Kier molecular flexibility index (Phi) is 6.04. The molecule has 0 aromatic heterocycles. The molecule has 1 fully saturated rings. The normalized spacial score (nSPS) is 42.4. The second-order valence-corrected chi connectivity index (χ2v) is 11.3. The van der Waals surface area contributed by atoms with Gasteiger partial charge in [-0.05, 0) is 67.4 Å². The first kappa shape index (κ1) is 24.4. The first-order valence-electron chi connectivity index (χ1n) is 12.3. The lowest BCUT2D eigenvalue weighted by Crippen LogP contribution is -2.65. The highest BCUT2D eigenvalue weighted by Gasteiger charge is 2.73. The van der Waals surface area contributed by atoms with E-state index in [4.69, 9.17) is 4.74 Å². The highest BCUT2D eigenvalue weighted by molar-refractivity contribution is 5.95. The summed E-state index contributed by atoms with van der Waals surface area (Å²) in [5.74, 6) is -1.43. The minimum Gasteiger partial charge on any atom is -0.451 e. The molecule has 0 radical (unpaired) electrons. The van der Waals surface area contributed by atoms with Crippen LogP contribution >= 0.6 is 0 Å². The van der Waals surface area contributed by atoms with Crippen LogP contribution in [-0.2, 0) is 14.3 Å². The summed E-state index contributed by atoms with van der Waals surface area (Å²) in [6.07, 6.45) is 6.58. The molecule has 33 heavy (non-hydrogen) atoms. The van der Waals surface area contributed by atoms with Crippen molar-refractivity contribution in [3.63, 3.8) is 0 Å². The van der Waals surface area contributed by atoms with E-state index in [0.717, 1.165) is 19.3 Å². The number of hydrogen-bond donors (Lipinski definition) is 3. The van der Waals surface area contributed by atoms with E-state index in [1.807, 2.05) is 26.8 Å². The van der Waals surface area contributed by atoms with Crippen LogP contribution < -0.4 is 0 Å². The molecule has 0 amide bonds. The van der Waals surface area contributed by atoms with Gasteiger partial charge in [0, 0.05) is 11.5 Å². The predicted molar refractivity (Wildman–Crippen MR) is 124 cm³/mol. The highest BCUT2D eigenvalue weighted by Crippen LogP contribution is 2.62. The molecule has 4 rings (SSSR count). The zero-order chi connectivity index (χ0) is 24.3. The Labute approximate surface area is 196 Å². The van der Waals surface area contributed by atoms with E-state index < -0.39 is 47.1 Å². The summed E-state index contributed by atoms with van der Waals surface area (Å²) in [4.78, 5) is 27.4. The maximum absolute atomic E-state index is 14.3. The second-order valence-electron chi connectivity index (χ2n) is 11.3. The number of aliphatic hydroxyl groups excluding tert-OH is 2. The Balaban J connectivity index is 1.88. The van der Waals surface area contributed by atoms with Crippen molar-refractivity contribution >= 4 is 11.8 Å². The standard InChI is InChI=1S/C27H38O6/c1-15-13-26-17(3)11-16(2)25(4,5)20(22(26)30)12-19(14-28)21(29)27(26,32)23(15)33-24(31)18-9-7-6-8-10-18/h9,12-13,16-17,20-21,23,28-29,32H,6-8,10-11,14H2,1-5H3/t16-,17?,20+,21+,23-,26?,27-/m0/s1. The maximum Gasteiger partial charge on any atom is 0.334 e. The van der Waals surface area contributed by atoms with Crippen molar-refractivity contribution in [2.45, 2.75) is 84.5 Å². The molecular formula is C27H38O6. The van der Waals surface area contributed by atoms with Gasteiger partial charge in [0.25, 0.3) is 0 Å². The van der Waals surface area contributed by atoms with Crippen LogP contribution in [-0.4, -0.2) is 51.5 Å². The van der Waals surface area contributed by atoms with E-state index in [1.165, 1.54) is 0 Å². The third-order valence-corrected chi connectivity index (χ3v) is 9.29. The largest absolute Gasteiger partial charge is 0.451 e. The molecule has 3 N–H and O–H groups in total. The number of ether oxygens (including phenoxy) is 1. The van der Waals surface area contributed by atoms with E-state index in [-0.39, 0.29) is 23.2 Å². The molecule has 6 nitrogen and oxygen atoms in total. The Bertz CT molecular complexity index is 942. The average molecular weight is 459 g/mol. The Morgan fingerprint density at radius 2 is 1.91 bits per heavy atom. The van der Waals surface area contributed by atoms with Gasteiger partial charge in [0.2, 0.25) is 0 Å². The number of allylic oxidation sites excluding steroid dienone is 2. The lowest BCUT2D eigenvalue weighted by molar-refractivity contribution is -0.201. The van der Waals surface area contributed by atoms with Crippen molar-refractivity contribution < 1.29 is 29.6 Å². The summed E-state index contributed by atoms with van der Waals surface area (Å²) in [5.41, 5.74) is -2.62. The smallest absolute Gasteiger partial charge is 0.334 e. The fourth-order valence-corrected chi connectivity index (χ4v) is 6.86. The summed E-state index contributed by atoms with van der Waals surface area (Å²) in [6, 6.07) is 0. The van der Waals surface area contributed by atoms with Crippen molar-refractivity contribution in [2.75, 3.05) is 6.61 Å². The summed E-state index contributed by atoms with van der Waals surface area (Å²) < 4.78 is 5.91. The van der Waals surface area contributed by atoms with E-state index in [9.17, 15) is 24.9 Å². The molecule has 1 spiro atoms. The maximum atomic E-state index is 14.3. The molecule has 0 saturated heterocycles. The first-order valence-corrected chi connectivity index (χ1v) is 12.3.